The van der Waals surface area contributed by atoms with E-state index in [1.54, 1.807) is 0 Å². The second kappa shape index (κ2) is 7.65. The number of hydrogen-bond donors (Lipinski definition) is 1. The average Bonchev–Trinajstić information content (AvgIpc) is 2.46. The van der Waals surface area contributed by atoms with Gasteiger partial charge < -0.3 is 15.0 Å². The van der Waals surface area contributed by atoms with Gasteiger partial charge >= 0.3 is 0 Å². The molecule has 20 heavy (non-hydrogen) atoms. The maximum atomic E-state index is 5.69. The fourth-order valence-electron chi connectivity index (χ4n) is 2.90. The van der Waals surface area contributed by atoms with Crippen LogP contribution in [0.25, 0.3) is 0 Å². The fourth-order valence-corrected chi connectivity index (χ4v) is 2.90. The molecule has 1 heterocycles. The SMILES string of the molecule is CCCNC1CCOCC1CN(C)c1cccc(C)c1. The predicted molar refractivity (Wildman–Crippen MR) is 85.5 cm³/mol. The maximum Gasteiger partial charge on any atom is 0.0526 e. The summed E-state index contributed by atoms with van der Waals surface area (Å²) in [6.45, 7) is 8.29. The fraction of sp³-hybridized carbons (Fsp3) is 0.647. The number of nitrogens with one attached hydrogen (secondary N) is 1. The summed E-state index contributed by atoms with van der Waals surface area (Å²) in [6, 6.07) is 9.30. The lowest BCUT2D eigenvalue weighted by Gasteiger charge is -2.35. The first-order valence-corrected chi connectivity index (χ1v) is 7.79. The van der Waals surface area contributed by atoms with Crippen LogP contribution in [-0.2, 0) is 4.74 Å². The summed E-state index contributed by atoms with van der Waals surface area (Å²) in [5.74, 6) is 0.570. The third kappa shape index (κ3) is 4.22. The third-order valence-corrected chi connectivity index (χ3v) is 4.08. The third-order valence-electron chi connectivity index (χ3n) is 4.08. The lowest BCUT2D eigenvalue weighted by molar-refractivity contribution is 0.0351. The lowest BCUT2D eigenvalue weighted by Crippen LogP contribution is -2.47. The first-order chi connectivity index (χ1) is 9.70. The maximum absolute atomic E-state index is 5.69. The van der Waals surface area contributed by atoms with E-state index < -0.39 is 0 Å². The molecule has 2 unspecified atom stereocenters. The van der Waals surface area contributed by atoms with Crippen molar-refractivity contribution in [2.45, 2.75) is 32.7 Å². The van der Waals surface area contributed by atoms with Gasteiger partial charge in [0.05, 0.1) is 6.61 Å². The molecule has 1 aliphatic heterocycles. The normalized spacial score (nSPS) is 22.8. The zero-order valence-electron chi connectivity index (χ0n) is 13.1. The Balaban J connectivity index is 1.95. The Bertz CT molecular complexity index is 408. The van der Waals surface area contributed by atoms with Gasteiger partial charge in [-0.15, -0.1) is 0 Å². The summed E-state index contributed by atoms with van der Waals surface area (Å²) in [4.78, 5) is 2.35. The molecule has 112 valence electrons. The Morgan fingerprint density at radius 2 is 2.25 bits per heavy atom. The summed E-state index contributed by atoms with van der Waals surface area (Å²) in [6.07, 6.45) is 2.32. The highest BCUT2D eigenvalue weighted by molar-refractivity contribution is 5.47. The van der Waals surface area contributed by atoms with Crippen LogP contribution in [0.2, 0.25) is 0 Å². The Kier molecular flexibility index (Phi) is 5.86. The van der Waals surface area contributed by atoms with E-state index in [-0.39, 0.29) is 0 Å². The van der Waals surface area contributed by atoms with Gasteiger partial charge in [-0.05, 0) is 44.0 Å². The van der Waals surface area contributed by atoms with Crippen molar-refractivity contribution in [3.63, 3.8) is 0 Å². The molecule has 1 saturated heterocycles. The van der Waals surface area contributed by atoms with Crippen LogP contribution in [0.5, 0.6) is 0 Å². The Morgan fingerprint density at radius 3 is 3.00 bits per heavy atom. The number of benzene rings is 1. The summed E-state index contributed by atoms with van der Waals surface area (Å²) < 4.78 is 5.69. The molecule has 0 bridgehead atoms. The Labute approximate surface area is 123 Å². The van der Waals surface area contributed by atoms with Crippen molar-refractivity contribution in [3.05, 3.63) is 29.8 Å². The van der Waals surface area contributed by atoms with Gasteiger partial charge in [0.15, 0.2) is 0 Å². The van der Waals surface area contributed by atoms with Gasteiger partial charge in [0.1, 0.15) is 0 Å². The van der Waals surface area contributed by atoms with E-state index in [2.05, 4.69) is 55.4 Å². The van der Waals surface area contributed by atoms with Gasteiger partial charge in [0.25, 0.3) is 0 Å². The van der Waals surface area contributed by atoms with E-state index in [1.165, 1.54) is 17.7 Å². The van der Waals surface area contributed by atoms with Crippen LogP contribution >= 0.6 is 0 Å². The molecule has 0 aromatic heterocycles. The summed E-state index contributed by atoms with van der Waals surface area (Å²) in [5, 5.41) is 3.68. The number of nitrogens with zero attached hydrogens (tertiary/aromatic N) is 1. The van der Waals surface area contributed by atoms with Crippen LogP contribution in [0.15, 0.2) is 24.3 Å². The monoisotopic (exact) mass is 276 g/mol. The lowest BCUT2D eigenvalue weighted by atomic mass is 9.95. The van der Waals surface area contributed by atoms with Crippen LogP contribution in [-0.4, -0.2) is 39.4 Å². The van der Waals surface area contributed by atoms with Crippen LogP contribution in [0.3, 0.4) is 0 Å². The van der Waals surface area contributed by atoms with E-state index in [1.807, 2.05) is 0 Å². The van der Waals surface area contributed by atoms with Crippen molar-refractivity contribution >= 4 is 5.69 Å². The molecule has 1 aromatic carbocycles. The molecule has 1 fully saturated rings. The van der Waals surface area contributed by atoms with Gasteiger partial charge in [0.2, 0.25) is 0 Å². The largest absolute Gasteiger partial charge is 0.381 e. The molecule has 0 spiro atoms. The molecule has 1 aromatic rings. The van der Waals surface area contributed by atoms with Crippen molar-refractivity contribution < 1.29 is 4.74 Å². The van der Waals surface area contributed by atoms with Gasteiger partial charge in [-0.25, -0.2) is 0 Å². The highest BCUT2D eigenvalue weighted by Crippen LogP contribution is 2.20. The quantitative estimate of drug-likeness (QED) is 0.864. The minimum atomic E-state index is 0.570. The molecular formula is C17H28N2O. The van der Waals surface area contributed by atoms with E-state index in [0.717, 1.165) is 32.7 Å². The minimum Gasteiger partial charge on any atom is -0.381 e. The highest BCUT2D eigenvalue weighted by Gasteiger charge is 2.26. The van der Waals surface area contributed by atoms with Crippen LogP contribution in [0, 0.1) is 12.8 Å². The molecule has 0 radical (unpaired) electrons. The van der Waals surface area contributed by atoms with Crippen molar-refractivity contribution in [3.8, 4) is 0 Å². The highest BCUT2D eigenvalue weighted by atomic mass is 16.5. The smallest absolute Gasteiger partial charge is 0.0526 e. The van der Waals surface area contributed by atoms with Crippen molar-refractivity contribution in [1.29, 1.82) is 0 Å². The van der Waals surface area contributed by atoms with E-state index in [4.69, 9.17) is 4.74 Å². The minimum absolute atomic E-state index is 0.570. The van der Waals surface area contributed by atoms with E-state index in [0.29, 0.717) is 12.0 Å². The molecule has 2 rings (SSSR count). The second-order valence-corrected chi connectivity index (χ2v) is 5.90. The van der Waals surface area contributed by atoms with Crippen LogP contribution in [0.1, 0.15) is 25.3 Å². The molecule has 1 aliphatic rings. The standard InChI is InChI=1S/C17H28N2O/c1-4-9-18-17-8-10-20-13-15(17)12-19(3)16-7-5-6-14(2)11-16/h5-7,11,15,17-18H,4,8-10,12-13H2,1-3H3. The molecule has 3 nitrogen and oxygen atoms in total. The molecule has 0 aliphatic carbocycles. The van der Waals surface area contributed by atoms with Crippen molar-refractivity contribution in [2.24, 2.45) is 5.92 Å². The van der Waals surface area contributed by atoms with E-state index >= 15 is 0 Å². The van der Waals surface area contributed by atoms with Gasteiger partial charge in [-0.3, -0.25) is 0 Å². The topological polar surface area (TPSA) is 24.5 Å². The van der Waals surface area contributed by atoms with E-state index in [9.17, 15) is 0 Å². The molecule has 0 amide bonds. The molecule has 1 N–H and O–H groups in total. The van der Waals surface area contributed by atoms with Crippen LogP contribution in [0.4, 0.5) is 5.69 Å². The van der Waals surface area contributed by atoms with Gasteiger partial charge in [-0.2, -0.15) is 0 Å². The average molecular weight is 276 g/mol. The summed E-state index contributed by atoms with van der Waals surface area (Å²) in [7, 11) is 2.18. The summed E-state index contributed by atoms with van der Waals surface area (Å²) in [5.41, 5.74) is 2.61. The van der Waals surface area contributed by atoms with Crippen LogP contribution < -0.4 is 10.2 Å². The molecule has 0 saturated carbocycles. The molecule has 3 heteroatoms. The number of aryl methyl sites for hydroxylation is 1. The number of ether oxygens (including phenoxy) is 1. The molecular weight excluding hydrogens is 248 g/mol. The number of anilines is 1. The van der Waals surface area contributed by atoms with Crippen molar-refractivity contribution in [2.75, 3.05) is 38.3 Å². The van der Waals surface area contributed by atoms with Gasteiger partial charge in [0, 0.05) is 37.8 Å². The Morgan fingerprint density at radius 1 is 1.40 bits per heavy atom. The first kappa shape index (κ1) is 15.3. The zero-order valence-corrected chi connectivity index (χ0v) is 13.1. The number of rotatable bonds is 6. The zero-order chi connectivity index (χ0) is 14.4. The summed E-state index contributed by atoms with van der Waals surface area (Å²) >= 11 is 0. The number of hydrogen-bond acceptors (Lipinski definition) is 3. The Hall–Kier alpha value is -1.06. The first-order valence-electron chi connectivity index (χ1n) is 7.79. The second-order valence-electron chi connectivity index (χ2n) is 5.90. The molecule has 2 atom stereocenters. The predicted octanol–water partition coefficient (Wildman–Crippen LogP) is 2.84. The van der Waals surface area contributed by atoms with Crippen molar-refractivity contribution in [1.82, 2.24) is 5.32 Å². The van der Waals surface area contributed by atoms with Gasteiger partial charge in [-0.1, -0.05) is 19.1 Å².